The summed E-state index contributed by atoms with van der Waals surface area (Å²) in [6.07, 6.45) is 1.47. The molecular formula is C20H25ClN2O2. The number of benzene rings is 2. The van der Waals surface area contributed by atoms with E-state index in [9.17, 15) is 9.90 Å². The molecule has 0 radical (unpaired) electrons. The summed E-state index contributed by atoms with van der Waals surface area (Å²) < 4.78 is 0. The summed E-state index contributed by atoms with van der Waals surface area (Å²) in [4.78, 5) is 11.8. The summed E-state index contributed by atoms with van der Waals surface area (Å²) >= 11 is 5.86. The van der Waals surface area contributed by atoms with E-state index < -0.39 is 6.10 Å². The molecule has 0 aliphatic rings. The largest absolute Gasteiger partial charge is 0.393 e. The van der Waals surface area contributed by atoms with Gasteiger partial charge in [-0.25, -0.2) is 5.43 Å². The van der Waals surface area contributed by atoms with Crippen molar-refractivity contribution in [2.75, 3.05) is 13.1 Å². The van der Waals surface area contributed by atoms with Crippen LogP contribution in [0.4, 0.5) is 0 Å². The number of hydrazine groups is 1. The fraction of sp³-hybridized carbons (Fsp3) is 0.350. The second-order valence-corrected chi connectivity index (χ2v) is 6.52. The number of aliphatic hydroxyl groups is 1. The number of halogens is 1. The first-order chi connectivity index (χ1) is 12.0. The standard InChI is InChI=1S/C20H25ClN2O2/c1-16(24)23(14-12-17-5-3-2-4-6-17)22-13-11-20(25)15-18-7-9-19(21)10-8-18/h2-10,20,22,25H,11-15H2,1H3. The van der Waals surface area contributed by atoms with Gasteiger partial charge in [0, 0.05) is 25.0 Å². The Morgan fingerprint density at radius 1 is 1.12 bits per heavy atom. The van der Waals surface area contributed by atoms with Gasteiger partial charge >= 0.3 is 0 Å². The van der Waals surface area contributed by atoms with Gasteiger partial charge in [-0.1, -0.05) is 54.1 Å². The Bertz CT molecular complexity index is 647. The summed E-state index contributed by atoms with van der Waals surface area (Å²) in [5, 5.41) is 12.5. The van der Waals surface area contributed by atoms with Crippen molar-refractivity contribution in [3.8, 4) is 0 Å². The van der Waals surface area contributed by atoms with Gasteiger partial charge in [0.1, 0.15) is 0 Å². The Hall–Kier alpha value is -1.88. The van der Waals surface area contributed by atoms with Crippen LogP contribution in [-0.4, -0.2) is 35.2 Å². The average Bonchev–Trinajstić information content (AvgIpc) is 2.60. The van der Waals surface area contributed by atoms with Gasteiger partial charge < -0.3 is 5.11 Å². The van der Waals surface area contributed by atoms with Gasteiger partial charge in [0.15, 0.2) is 0 Å². The Kier molecular flexibility index (Phi) is 7.92. The number of rotatable bonds is 9. The molecule has 2 aromatic carbocycles. The summed E-state index contributed by atoms with van der Waals surface area (Å²) in [6.45, 7) is 2.69. The van der Waals surface area contributed by atoms with Crippen molar-refractivity contribution in [2.24, 2.45) is 0 Å². The number of nitrogens with zero attached hydrogens (tertiary/aromatic N) is 1. The molecule has 2 N–H and O–H groups in total. The van der Waals surface area contributed by atoms with Crippen LogP contribution in [0.15, 0.2) is 54.6 Å². The van der Waals surface area contributed by atoms with E-state index in [1.54, 1.807) is 11.9 Å². The van der Waals surface area contributed by atoms with E-state index in [0.717, 1.165) is 12.0 Å². The third-order valence-corrected chi connectivity index (χ3v) is 4.26. The molecule has 0 fully saturated rings. The molecule has 0 saturated heterocycles. The highest BCUT2D eigenvalue weighted by molar-refractivity contribution is 6.30. The van der Waals surface area contributed by atoms with Gasteiger partial charge in [-0.15, -0.1) is 0 Å². The van der Waals surface area contributed by atoms with Gasteiger partial charge in [-0.05, 0) is 42.5 Å². The summed E-state index contributed by atoms with van der Waals surface area (Å²) in [7, 11) is 0. The first kappa shape index (κ1) is 19.4. The third kappa shape index (κ3) is 7.26. The van der Waals surface area contributed by atoms with Crippen LogP contribution in [0.3, 0.4) is 0 Å². The number of nitrogens with one attached hydrogen (secondary N) is 1. The van der Waals surface area contributed by atoms with E-state index in [1.807, 2.05) is 54.6 Å². The maximum atomic E-state index is 11.8. The van der Waals surface area contributed by atoms with E-state index >= 15 is 0 Å². The number of carbonyl (C=O) groups excluding carboxylic acids is 1. The van der Waals surface area contributed by atoms with E-state index in [2.05, 4.69) is 5.43 Å². The van der Waals surface area contributed by atoms with Crippen LogP contribution in [0, 0.1) is 0 Å². The second-order valence-electron chi connectivity index (χ2n) is 6.09. The summed E-state index contributed by atoms with van der Waals surface area (Å²) in [6, 6.07) is 17.5. The molecule has 0 heterocycles. The first-order valence-electron chi connectivity index (χ1n) is 8.52. The number of hydrogen-bond acceptors (Lipinski definition) is 3. The average molecular weight is 361 g/mol. The topological polar surface area (TPSA) is 52.6 Å². The van der Waals surface area contributed by atoms with Gasteiger partial charge in [0.05, 0.1) is 6.10 Å². The molecule has 1 atom stereocenters. The van der Waals surface area contributed by atoms with Crippen molar-refractivity contribution in [3.63, 3.8) is 0 Å². The molecule has 0 bridgehead atoms. The Morgan fingerprint density at radius 2 is 1.80 bits per heavy atom. The van der Waals surface area contributed by atoms with Crippen molar-refractivity contribution in [1.82, 2.24) is 10.4 Å². The van der Waals surface area contributed by atoms with Crippen LogP contribution >= 0.6 is 11.6 Å². The number of aliphatic hydroxyl groups excluding tert-OH is 1. The zero-order valence-corrected chi connectivity index (χ0v) is 15.2. The van der Waals surface area contributed by atoms with E-state index in [-0.39, 0.29) is 5.91 Å². The Labute approximate surface area is 154 Å². The van der Waals surface area contributed by atoms with Gasteiger partial charge in [0.25, 0.3) is 0 Å². The molecule has 0 aliphatic carbocycles. The second kappa shape index (κ2) is 10.2. The zero-order chi connectivity index (χ0) is 18.1. The van der Waals surface area contributed by atoms with Crippen LogP contribution in [-0.2, 0) is 17.6 Å². The Balaban J connectivity index is 1.73. The molecular weight excluding hydrogens is 336 g/mol. The highest BCUT2D eigenvalue weighted by Gasteiger charge is 2.10. The number of amides is 1. The molecule has 0 saturated carbocycles. The molecule has 25 heavy (non-hydrogen) atoms. The SMILES string of the molecule is CC(=O)N(CCc1ccccc1)NCCC(O)Cc1ccc(Cl)cc1. The lowest BCUT2D eigenvalue weighted by molar-refractivity contribution is -0.132. The Morgan fingerprint density at radius 3 is 2.44 bits per heavy atom. The van der Waals surface area contributed by atoms with Crippen LogP contribution in [0.5, 0.6) is 0 Å². The zero-order valence-electron chi connectivity index (χ0n) is 14.5. The number of carbonyl (C=O) groups is 1. The molecule has 1 unspecified atom stereocenters. The molecule has 2 aromatic rings. The molecule has 0 spiro atoms. The van der Waals surface area contributed by atoms with E-state index in [1.165, 1.54) is 5.56 Å². The molecule has 5 heteroatoms. The molecule has 134 valence electrons. The lowest BCUT2D eigenvalue weighted by Crippen LogP contribution is -2.44. The van der Waals surface area contributed by atoms with Crippen LogP contribution in [0.1, 0.15) is 24.5 Å². The van der Waals surface area contributed by atoms with Gasteiger partial charge in [-0.3, -0.25) is 9.80 Å². The van der Waals surface area contributed by atoms with Crippen molar-refractivity contribution >= 4 is 17.5 Å². The van der Waals surface area contributed by atoms with E-state index in [0.29, 0.717) is 31.0 Å². The summed E-state index contributed by atoms with van der Waals surface area (Å²) in [5.41, 5.74) is 5.36. The van der Waals surface area contributed by atoms with Gasteiger partial charge in [0.2, 0.25) is 5.91 Å². The normalized spacial score (nSPS) is 12.0. The molecule has 0 aromatic heterocycles. The summed E-state index contributed by atoms with van der Waals surface area (Å²) in [5.74, 6) is -0.0249. The fourth-order valence-corrected chi connectivity index (χ4v) is 2.72. The molecule has 4 nitrogen and oxygen atoms in total. The van der Waals surface area contributed by atoms with E-state index in [4.69, 9.17) is 11.6 Å². The fourth-order valence-electron chi connectivity index (χ4n) is 2.59. The smallest absolute Gasteiger partial charge is 0.233 e. The minimum Gasteiger partial charge on any atom is -0.393 e. The van der Waals surface area contributed by atoms with Crippen molar-refractivity contribution in [3.05, 3.63) is 70.7 Å². The maximum Gasteiger partial charge on any atom is 0.233 e. The van der Waals surface area contributed by atoms with Crippen LogP contribution in [0.2, 0.25) is 5.02 Å². The van der Waals surface area contributed by atoms with Crippen LogP contribution < -0.4 is 5.43 Å². The molecule has 1 amide bonds. The lowest BCUT2D eigenvalue weighted by atomic mass is 10.1. The minimum absolute atomic E-state index is 0.0249. The highest BCUT2D eigenvalue weighted by atomic mass is 35.5. The highest BCUT2D eigenvalue weighted by Crippen LogP contribution is 2.12. The minimum atomic E-state index is -0.461. The predicted molar refractivity (Wildman–Crippen MR) is 101 cm³/mol. The van der Waals surface area contributed by atoms with Crippen molar-refractivity contribution < 1.29 is 9.90 Å². The maximum absolute atomic E-state index is 11.8. The molecule has 0 aliphatic heterocycles. The monoisotopic (exact) mass is 360 g/mol. The van der Waals surface area contributed by atoms with Crippen molar-refractivity contribution in [2.45, 2.75) is 32.3 Å². The molecule has 2 rings (SSSR count). The quantitative estimate of drug-likeness (QED) is 0.675. The predicted octanol–water partition coefficient (Wildman–Crippen LogP) is 3.23. The lowest BCUT2D eigenvalue weighted by Gasteiger charge is -2.23. The number of hydrogen-bond donors (Lipinski definition) is 2. The third-order valence-electron chi connectivity index (χ3n) is 4.01. The van der Waals surface area contributed by atoms with Crippen molar-refractivity contribution in [1.29, 1.82) is 0 Å². The van der Waals surface area contributed by atoms with Gasteiger partial charge in [-0.2, -0.15) is 0 Å². The van der Waals surface area contributed by atoms with Crippen LogP contribution in [0.25, 0.3) is 0 Å². The first-order valence-corrected chi connectivity index (χ1v) is 8.90.